The second kappa shape index (κ2) is 12.6. The van der Waals surface area contributed by atoms with E-state index in [1.807, 2.05) is 61.5 Å². The van der Waals surface area contributed by atoms with E-state index in [2.05, 4.69) is 17.6 Å². The number of hydrogen-bond acceptors (Lipinski definition) is 5. The third-order valence-corrected chi connectivity index (χ3v) is 4.53. The van der Waals surface area contributed by atoms with E-state index >= 15 is 0 Å². The molecule has 1 amide bonds. The molecule has 7 heteroatoms. The quantitative estimate of drug-likeness (QED) is 0.435. The lowest BCUT2D eigenvalue weighted by molar-refractivity contribution is -0.144. The van der Waals surface area contributed by atoms with Crippen LogP contribution >= 0.6 is 12.2 Å². The fourth-order valence-corrected chi connectivity index (χ4v) is 2.73. The van der Waals surface area contributed by atoms with Crippen molar-refractivity contribution in [1.82, 2.24) is 5.32 Å². The van der Waals surface area contributed by atoms with Crippen LogP contribution in [0.15, 0.2) is 54.6 Å². The van der Waals surface area contributed by atoms with Gasteiger partial charge in [0.1, 0.15) is 5.75 Å². The summed E-state index contributed by atoms with van der Waals surface area (Å²) in [6.45, 7) is 4.36. The van der Waals surface area contributed by atoms with Crippen LogP contribution in [0.4, 0.5) is 5.69 Å². The molecule has 160 valence electrons. The van der Waals surface area contributed by atoms with Crippen molar-refractivity contribution in [2.45, 2.75) is 45.6 Å². The number of benzene rings is 2. The number of carbonyl (C=O) groups is 2. The Balaban J connectivity index is 1.64. The third kappa shape index (κ3) is 9.05. The van der Waals surface area contributed by atoms with Crippen molar-refractivity contribution in [2.24, 2.45) is 0 Å². The molecule has 0 aromatic heterocycles. The second-order valence-corrected chi connectivity index (χ2v) is 7.23. The van der Waals surface area contributed by atoms with Crippen molar-refractivity contribution in [3.63, 3.8) is 0 Å². The van der Waals surface area contributed by atoms with Gasteiger partial charge >= 0.3 is 5.97 Å². The van der Waals surface area contributed by atoms with Gasteiger partial charge in [-0.05, 0) is 55.4 Å². The minimum absolute atomic E-state index is 0.00485. The van der Waals surface area contributed by atoms with Crippen LogP contribution in [0.5, 0.6) is 5.75 Å². The lowest BCUT2D eigenvalue weighted by atomic mass is 10.2. The lowest BCUT2D eigenvalue weighted by Crippen LogP contribution is -2.34. The van der Waals surface area contributed by atoms with Crippen LogP contribution in [0.3, 0.4) is 0 Å². The summed E-state index contributed by atoms with van der Waals surface area (Å²) in [5.41, 5.74) is 1.83. The number of hydrogen-bond donors (Lipinski definition) is 2. The highest BCUT2D eigenvalue weighted by molar-refractivity contribution is 7.80. The third-order valence-electron chi connectivity index (χ3n) is 4.33. The van der Waals surface area contributed by atoms with E-state index in [9.17, 15) is 9.59 Å². The van der Waals surface area contributed by atoms with Crippen molar-refractivity contribution >= 4 is 34.9 Å². The Bertz CT molecular complexity index is 825. The van der Waals surface area contributed by atoms with Gasteiger partial charge in [0.25, 0.3) is 0 Å². The Hall–Kier alpha value is -2.93. The number of rotatable bonds is 10. The van der Waals surface area contributed by atoms with Gasteiger partial charge in [0.2, 0.25) is 5.91 Å². The highest BCUT2D eigenvalue weighted by Crippen LogP contribution is 2.17. The largest absolute Gasteiger partial charge is 0.491 e. The molecule has 2 aromatic rings. The van der Waals surface area contributed by atoms with Crippen LogP contribution in [-0.4, -0.2) is 29.7 Å². The maximum absolute atomic E-state index is 12.0. The number of thiocarbonyl (C=S) groups is 1. The van der Waals surface area contributed by atoms with Gasteiger partial charge in [0.15, 0.2) is 5.11 Å². The highest BCUT2D eigenvalue weighted by atomic mass is 32.1. The molecule has 0 spiro atoms. The van der Waals surface area contributed by atoms with Gasteiger partial charge in [0.05, 0.1) is 19.1 Å². The molecule has 2 aromatic carbocycles. The van der Waals surface area contributed by atoms with Crippen LogP contribution in [0, 0.1) is 0 Å². The van der Waals surface area contributed by atoms with Crippen molar-refractivity contribution < 1.29 is 19.1 Å². The minimum atomic E-state index is -0.406. The van der Waals surface area contributed by atoms with Gasteiger partial charge in [0, 0.05) is 18.5 Å². The molecule has 2 rings (SSSR count). The van der Waals surface area contributed by atoms with Crippen LogP contribution in [0.2, 0.25) is 0 Å². The number of carbonyl (C=O) groups excluding carboxylic acids is 2. The maximum atomic E-state index is 12.0. The molecule has 6 nitrogen and oxygen atoms in total. The molecule has 30 heavy (non-hydrogen) atoms. The van der Waals surface area contributed by atoms with Crippen molar-refractivity contribution in [2.75, 3.05) is 11.9 Å². The molecule has 0 heterocycles. The maximum Gasteiger partial charge on any atom is 0.306 e. The predicted molar refractivity (Wildman–Crippen MR) is 122 cm³/mol. The van der Waals surface area contributed by atoms with Crippen LogP contribution in [0.25, 0.3) is 0 Å². The first-order valence-electron chi connectivity index (χ1n) is 10.0. The Labute approximate surface area is 183 Å². The fourth-order valence-electron chi connectivity index (χ4n) is 2.50. The molecule has 1 atom stereocenters. The average molecular weight is 429 g/mol. The topological polar surface area (TPSA) is 76.7 Å². The van der Waals surface area contributed by atoms with Crippen molar-refractivity contribution in [3.8, 4) is 5.75 Å². The number of anilines is 1. The molecule has 1 unspecified atom stereocenters. The predicted octanol–water partition coefficient (Wildman–Crippen LogP) is 4.24. The highest BCUT2D eigenvalue weighted by Gasteiger charge is 2.10. The minimum Gasteiger partial charge on any atom is -0.491 e. The summed E-state index contributed by atoms with van der Waals surface area (Å²) in [6.07, 6.45) is 1.73. The first-order valence-corrected chi connectivity index (χ1v) is 10.4. The fraction of sp³-hybridized carbons (Fsp3) is 0.348. The van der Waals surface area contributed by atoms with Gasteiger partial charge in [-0.1, -0.05) is 37.3 Å². The van der Waals surface area contributed by atoms with E-state index in [0.717, 1.165) is 23.4 Å². The molecule has 0 radical (unpaired) electrons. The molecule has 0 aliphatic carbocycles. The summed E-state index contributed by atoms with van der Waals surface area (Å²) in [5.74, 6) is 0.0247. The molecule has 0 aliphatic rings. The van der Waals surface area contributed by atoms with Crippen LogP contribution in [-0.2, 0) is 20.7 Å². The average Bonchev–Trinajstić information content (AvgIpc) is 2.74. The molecule has 0 bridgehead atoms. The van der Waals surface area contributed by atoms with Crippen LogP contribution in [0.1, 0.15) is 38.7 Å². The van der Waals surface area contributed by atoms with E-state index in [1.165, 1.54) is 0 Å². The summed E-state index contributed by atoms with van der Waals surface area (Å²) in [7, 11) is 0. The van der Waals surface area contributed by atoms with Crippen LogP contribution < -0.4 is 15.4 Å². The normalized spacial score (nSPS) is 11.3. The molecule has 0 saturated carbocycles. The summed E-state index contributed by atoms with van der Waals surface area (Å²) in [5, 5.41) is 5.67. The number of nitrogens with one attached hydrogen (secondary N) is 2. The zero-order chi connectivity index (χ0) is 21.8. The molecular formula is C23H28N2O4S. The Morgan fingerprint density at radius 1 is 1.03 bits per heavy atom. The second-order valence-electron chi connectivity index (χ2n) is 6.82. The van der Waals surface area contributed by atoms with Crippen molar-refractivity contribution in [1.29, 1.82) is 0 Å². The number of ether oxygens (including phenoxy) is 2. The first kappa shape index (κ1) is 23.3. The van der Waals surface area contributed by atoms with Gasteiger partial charge in [-0.2, -0.15) is 0 Å². The summed E-state index contributed by atoms with van der Waals surface area (Å²) in [6, 6.07) is 17.1. The van der Waals surface area contributed by atoms with E-state index in [0.29, 0.717) is 13.0 Å². The first-order chi connectivity index (χ1) is 14.5. The Kier molecular flexibility index (Phi) is 9.80. The van der Waals surface area contributed by atoms with Gasteiger partial charge in [-0.3, -0.25) is 9.59 Å². The van der Waals surface area contributed by atoms with E-state index < -0.39 is 5.97 Å². The standard InChI is InChI=1S/C23H28N2O4S/c1-3-17(2)29-20-11-9-19(10-12-20)24-23(30)25-21(26)13-14-22(27)28-16-15-18-7-5-4-6-8-18/h4-12,17H,3,13-16H2,1-2H3,(H2,24,25,26,30). The molecule has 0 saturated heterocycles. The monoisotopic (exact) mass is 428 g/mol. The van der Waals surface area contributed by atoms with E-state index in [4.69, 9.17) is 21.7 Å². The van der Waals surface area contributed by atoms with Crippen molar-refractivity contribution in [3.05, 3.63) is 60.2 Å². The smallest absolute Gasteiger partial charge is 0.306 e. The van der Waals surface area contributed by atoms with Gasteiger partial charge in [-0.25, -0.2) is 0 Å². The summed E-state index contributed by atoms with van der Waals surface area (Å²) < 4.78 is 10.9. The Morgan fingerprint density at radius 3 is 2.40 bits per heavy atom. The Morgan fingerprint density at radius 2 is 1.73 bits per heavy atom. The van der Waals surface area contributed by atoms with Gasteiger partial charge < -0.3 is 20.1 Å². The van der Waals surface area contributed by atoms with E-state index in [1.54, 1.807) is 0 Å². The zero-order valence-electron chi connectivity index (χ0n) is 17.4. The van der Waals surface area contributed by atoms with Gasteiger partial charge in [-0.15, -0.1) is 0 Å². The number of esters is 1. The zero-order valence-corrected chi connectivity index (χ0v) is 18.2. The number of amides is 1. The lowest BCUT2D eigenvalue weighted by Gasteiger charge is -2.13. The van der Waals surface area contributed by atoms with E-state index in [-0.39, 0.29) is 30.0 Å². The summed E-state index contributed by atoms with van der Waals surface area (Å²) >= 11 is 5.15. The molecule has 2 N–H and O–H groups in total. The molecular weight excluding hydrogens is 400 g/mol. The summed E-state index contributed by atoms with van der Waals surface area (Å²) in [4.78, 5) is 23.8. The molecule has 0 fully saturated rings. The molecule has 0 aliphatic heterocycles. The SMILES string of the molecule is CCC(C)Oc1ccc(NC(=S)NC(=O)CCC(=O)OCCc2ccccc2)cc1.